The average Bonchev–Trinajstić information content (AvgIpc) is 3.19. The molecule has 1 aromatic carbocycles. The van der Waals surface area contributed by atoms with E-state index in [4.69, 9.17) is 0 Å². The number of fused-ring (bicyclic) bond motifs is 4. The second-order valence-corrected chi connectivity index (χ2v) is 11.4. The molecule has 4 aliphatic rings. The van der Waals surface area contributed by atoms with Crippen molar-refractivity contribution < 1.29 is 14.7 Å². The van der Waals surface area contributed by atoms with Gasteiger partial charge in [0.05, 0.1) is 0 Å². The maximum atomic E-state index is 12.4. The first-order chi connectivity index (χ1) is 16.8. The first-order valence-electron chi connectivity index (χ1n) is 13.5. The van der Waals surface area contributed by atoms with Gasteiger partial charge in [-0.3, -0.25) is 9.59 Å². The molecule has 5 atom stereocenters. The highest BCUT2D eigenvalue weighted by Crippen LogP contribution is 2.61. The van der Waals surface area contributed by atoms with Gasteiger partial charge in [0, 0.05) is 57.1 Å². The van der Waals surface area contributed by atoms with Gasteiger partial charge in [0.15, 0.2) is 5.78 Å². The van der Waals surface area contributed by atoms with Gasteiger partial charge >= 0.3 is 0 Å². The van der Waals surface area contributed by atoms with Crippen LogP contribution in [0.3, 0.4) is 0 Å². The zero-order valence-electron chi connectivity index (χ0n) is 21.5. The van der Waals surface area contributed by atoms with Crippen molar-refractivity contribution in [3.8, 4) is 0 Å². The molecule has 0 aliphatic heterocycles. The Hall–Kier alpha value is -2.40. The molecule has 1 amide bonds. The predicted octanol–water partition coefficient (Wildman–Crippen LogP) is 4.91. The Morgan fingerprint density at radius 3 is 2.57 bits per heavy atom. The predicted molar refractivity (Wildman–Crippen MR) is 139 cm³/mol. The third kappa shape index (κ3) is 4.37. The summed E-state index contributed by atoms with van der Waals surface area (Å²) in [6.07, 6.45) is 10.2. The molecule has 2 N–H and O–H groups in total. The topological polar surface area (TPSA) is 69.6 Å². The van der Waals surface area contributed by atoms with E-state index in [1.807, 2.05) is 6.08 Å². The number of carbonyl (C=O) groups is 2. The van der Waals surface area contributed by atoms with Gasteiger partial charge < -0.3 is 15.3 Å². The summed E-state index contributed by atoms with van der Waals surface area (Å²) in [7, 11) is 4.14. The van der Waals surface area contributed by atoms with Gasteiger partial charge in [-0.1, -0.05) is 28.9 Å². The lowest BCUT2D eigenvalue weighted by Crippen LogP contribution is -2.53. The molecule has 0 spiro atoms. The largest absolute Gasteiger partial charge is 0.396 e. The fourth-order valence-corrected chi connectivity index (χ4v) is 7.93. The molecule has 5 nitrogen and oxygen atoms in total. The molecule has 0 radical (unpaired) electrons. The van der Waals surface area contributed by atoms with Crippen molar-refractivity contribution in [2.75, 3.05) is 25.6 Å². The zero-order valence-corrected chi connectivity index (χ0v) is 21.5. The van der Waals surface area contributed by atoms with Crippen LogP contribution in [-0.2, 0) is 9.59 Å². The molecule has 188 valence electrons. The first-order valence-corrected chi connectivity index (χ1v) is 13.5. The number of amides is 1. The van der Waals surface area contributed by atoms with Crippen molar-refractivity contribution in [3.05, 3.63) is 52.6 Å². The van der Waals surface area contributed by atoms with E-state index in [2.05, 4.69) is 48.6 Å². The Morgan fingerprint density at radius 1 is 1.11 bits per heavy atom. The van der Waals surface area contributed by atoms with E-state index >= 15 is 0 Å². The lowest BCUT2D eigenvalue weighted by atomic mass is 9.58. The minimum absolute atomic E-state index is 0.0370. The number of ketones is 1. The van der Waals surface area contributed by atoms with Gasteiger partial charge in [-0.25, -0.2) is 0 Å². The molecule has 0 saturated heterocycles. The van der Waals surface area contributed by atoms with Crippen molar-refractivity contribution in [1.29, 1.82) is 0 Å². The Kier molecular flexibility index (Phi) is 6.65. The molecule has 3 unspecified atom stereocenters. The summed E-state index contributed by atoms with van der Waals surface area (Å²) in [5, 5.41) is 13.1. The van der Waals surface area contributed by atoms with Gasteiger partial charge in [0.1, 0.15) is 0 Å². The molecule has 1 aromatic rings. The van der Waals surface area contributed by atoms with E-state index < -0.39 is 0 Å². The van der Waals surface area contributed by atoms with Gasteiger partial charge in [0.2, 0.25) is 5.91 Å². The van der Waals surface area contributed by atoms with Crippen LogP contribution in [0.5, 0.6) is 0 Å². The number of aliphatic hydroxyl groups is 1. The summed E-state index contributed by atoms with van der Waals surface area (Å²) < 4.78 is 0. The third-order valence-electron chi connectivity index (χ3n) is 9.33. The number of anilines is 1. The lowest BCUT2D eigenvalue weighted by Gasteiger charge is -2.49. The molecule has 1 fully saturated rings. The molecule has 4 aliphatic carbocycles. The number of nitrogens with one attached hydrogen (secondary N) is 1. The SMILES string of the molecule is CC(=O)N[C@@]1(CCCO)CCC2C3=C(C4CCC(=O)C=C4CC3)[C@@H](c3ccc(N(C)C)cc3)CC21. The molecule has 1 saturated carbocycles. The molecule has 35 heavy (non-hydrogen) atoms. The second-order valence-electron chi connectivity index (χ2n) is 11.4. The summed E-state index contributed by atoms with van der Waals surface area (Å²) in [4.78, 5) is 26.7. The number of benzene rings is 1. The van der Waals surface area contributed by atoms with Crippen molar-refractivity contribution in [2.45, 2.75) is 76.2 Å². The van der Waals surface area contributed by atoms with Crippen molar-refractivity contribution in [1.82, 2.24) is 5.32 Å². The summed E-state index contributed by atoms with van der Waals surface area (Å²) in [5.74, 6) is 1.90. The summed E-state index contributed by atoms with van der Waals surface area (Å²) in [6, 6.07) is 9.01. The Bertz CT molecular complexity index is 1050. The fraction of sp³-hybridized carbons (Fsp3) is 0.600. The number of hydrogen-bond donors (Lipinski definition) is 2. The van der Waals surface area contributed by atoms with Crippen LogP contribution in [0.2, 0.25) is 0 Å². The number of rotatable bonds is 6. The molecular formula is C30H40N2O3. The minimum atomic E-state index is -0.238. The van der Waals surface area contributed by atoms with Crippen molar-refractivity contribution in [2.24, 2.45) is 17.8 Å². The Balaban J connectivity index is 1.60. The summed E-state index contributed by atoms with van der Waals surface area (Å²) in [6.45, 7) is 1.79. The van der Waals surface area contributed by atoms with E-state index in [0.717, 1.165) is 51.4 Å². The fourth-order valence-electron chi connectivity index (χ4n) is 7.93. The maximum absolute atomic E-state index is 12.4. The van der Waals surface area contributed by atoms with Crippen LogP contribution in [0, 0.1) is 17.8 Å². The number of allylic oxidation sites excluding steroid dienone is 4. The summed E-state index contributed by atoms with van der Waals surface area (Å²) >= 11 is 0. The highest BCUT2D eigenvalue weighted by molar-refractivity contribution is 5.91. The van der Waals surface area contributed by atoms with Crippen LogP contribution in [-0.4, -0.2) is 43.0 Å². The van der Waals surface area contributed by atoms with Crippen molar-refractivity contribution >= 4 is 17.4 Å². The Morgan fingerprint density at radius 2 is 1.89 bits per heavy atom. The monoisotopic (exact) mass is 476 g/mol. The molecule has 5 rings (SSSR count). The Labute approximate surface area is 209 Å². The van der Waals surface area contributed by atoms with E-state index in [0.29, 0.717) is 30.1 Å². The second kappa shape index (κ2) is 9.57. The molecule has 0 heterocycles. The van der Waals surface area contributed by atoms with E-state index in [-0.39, 0.29) is 23.8 Å². The van der Waals surface area contributed by atoms with Gasteiger partial charge in [-0.2, -0.15) is 0 Å². The van der Waals surface area contributed by atoms with Gasteiger partial charge in [0.25, 0.3) is 0 Å². The summed E-state index contributed by atoms with van der Waals surface area (Å²) in [5.41, 5.74) is 6.87. The molecule has 5 heteroatoms. The van der Waals surface area contributed by atoms with Crippen LogP contribution in [0.4, 0.5) is 5.69 Å². The first kappa shape index (κ1) is 24.3. The van der Waals surface area contributed by atoms with Gasteiger partial charge in [-0.15, -0.1) is 0 Å². The quantitative estimate of drug-likeness (QED) is 0.573. The van der Waals surface area contributed by atoms with Crippen LogP contribution in [0.1, 0.15) is 76.2 Å². The van der Waals surface area contributed by atoms with Crippen molar-refractivity contribution in [3.63, 3.8) is 0 Å². The van der Waals surface area contributed by atoms with Crippen LogP contribution >= 0.6 is 0 Å². The van der Waals surface area contributed by atoms with Crippen LogP contribution in [0.15, 0.2) is 47.1 Å². The molecular weight excluding hydrogens is 436 g/mol. The number of aliphatic hydroxyl groups excluding tert-OH is 1. The lowest BCUT2D eigenvalue weighted by molar-refractivity contribution is -0.121. The molecule has 0 bridgehead atoms. The standard InChI is InChI=1S/C30H40N2O3/c1-19(34)31-30(14-4-16-33)15-13-25-26-11-7-21-17-23(35)10-12-24(21)29(26)27(18-28(25)30)20-5-8-22(9-6-20)32(2)3/h5-6,8-9,17,24-25,27-28,33H,4,7,10-16,18H2,1-3H3,(H,31,34)/t24?,25?,27-,28?,30+/m1/s1. The normalized spacial score (nSPS) is 31.9. The smallest absolute Gasteiger partial charge is 0.217 e. The van der Waals surface area contributed by atoms with E-state index in [1.165, 1.54) is 16.8 Å². The maximum Gasteiger partial charge on any atom is 0.217 e. The molecule has 0 aromatic heterocycles. The number of carbonyl (C=O) groups excluding carboxylic acids is 2. The average molecular weight is 477 g/mol. The van der Waals surface area contributed by atoms with Crippen LogP contribution < -0.4 is 10.2 Å². The highest BCUT2D eigenvalue weighted by atomic mass is 16.3. The highest BCUT2D eigenvalue weighted by Gasteiger charge is 2.54. The minimum Gasteiger partial charge on any atom is -0.396 e. The third-order valence-corrected chi connectivity index (χ3v) is 9.33. The van der Waals surface area contributed by atoms with Gasteiger partial charge in [-0.05, 0) is 87.0 Å². The van der Waals surface area contributed by atoms with Crippen LogP contribution in [0.25, 0.3) is 0 Å². The number of nitrogens with zero attached hydrogens (tertiary/aromatic N) is 1. The van der Waals surface area contributed by atoms with E-state index in [9.17, 15) is 14.7 Å². The number of hydrogen-bond acceptors (Lipinski definition) is 4. The zero-order chi connectivity index (χ0) is 24.7. The van der Waals surface area contributed by atoms with E-state index in [1.54, 1.807) is 18.1 Å².